The first kappa shape index (κ1) is 16.9. The minimum absolute atomic E-state index is 0.149. The zero-order valence-corrected chi connectivity index (χ0v) is 13.1. The molecule has 0 aliphatic rings. The summed E-state index contributed by atoms with van der Waals surface area (Å²) < 4.78 is 32.0. The number of aromatic hydroxyl groups is 1. The van der Waals surface area contributed by atoms with E-state index in [0.29, 0.717) is 4.47 Å². The molecule has 23 heavy (non-hydrogen) atoms. The molecule has 0 unspecified atom stereocenters. The molecule has 2 N–H and O–H groups in total. The lowest BCUT2D eigenvalue weighted by atomic mass is 10.2. The van der Waals surface area contributed by atoms with Crippen LogP contribution in [0, 0.1) is 11.6 Å². The summed E-state index contributed by atoms with van der Waals surface area (Å²) in [6.45, 7) is -0.765. The molecule has 120 valence electrons. The van der Waals surface area contributed by atoms with Crippen molar-refractivity contribution in [2.75, 3.05) is 11.9 Å². The molecule has 8 heteroatoms. The molecule has 0 saturated carbocycles. The third-order valence-corrected chi connectivity index (χ3v) is 3.23. The number of carbonyl (C=O) groups excluding carboxylic acids is 2. The highest BCUT2D eigenvalue weighted by molar-refractivity contribution is 9.10. The average molecular weight is 386 g/mol. The molecule has 2 aromatic carbocycles. The standard InChI is InChI=1S/C15H10BrF2NO4/c16-8-4-5-12(20)9(6-8)15(22)23-7-13(21)19-14-10(17)2-1-3-11(14)18/h1-6,20H,7H2,(H,19,21). The second-order valence-corrected chi connectivity index (χ2v) is 5.30. The summed E-state index contributed by atoms with van der Waals surface area (Å²) in [5, 5.41) is 11.5. The van der Waals surface area contributed by atoms with Gasteiger partial charge in [-0.25, -0.2) is 13.6 Å². The van der Waals surface area contributed by atoms with Crippen molar-refractivity contribution < 1.29 is 28.2 Å². The van der Waals surface area contributed by atoms with Crippen LogP contribution in [0.3, 0.4) is 0 Å². The largest absolute Gasteiger partial charge is 0.507 e. The Labute approximate surface area is 138 Å². The van der Waals surface area contributed by atoms with Gasteiger partial charge in [0.05, 0.1) is 0 Å². The van der Waals surface area contributed by atoms with Gasteiger partial charge in [-0.2, -0.15) is 0 Å². The Kier molecular flexibility index (Phi) is 5.28. The highest BCUT2D eigenvalue weighted by Gasteiger charge is 2.16. The molecule has 1 amide bonds. The first-order valence-electron chi connectivity index (χ1n) is 6.28. The molecule has 0 aromatic heterocycles. The Balaban J connectivity index is 1.99. The Hall–Kier alpha value is -2.48. The van der Waals surface area contributed by atoms with Crippen molar-refractivity contribution in [3.63, 3.8) is 0 Å². The van der Waals surface area contributed by atoms with Crippen LogP contribution in [0.25, 0.3) is 0 Å². The molecule has 2 aromatic rings. The van der Waals surface area contributed by atoms with Gasteiger partial charge >= 0.3 is 5.97 Å². The van der Waals surface area contributed by atoms with Gasteiger partial charge < -0.3 is 15.2 Å². The van der Waals surface area contributed by atoms with Crippen molar-refractivity contribution in [1.29, 1.82) is 0 Å². The van der Waals surface area contributed by atoms with Gasteiger partial charge in [0.15, 0.2) is 6.61 Å². The zero-order chi connectivity index (χ0) is 17.0. The number of nitrogens with one attached hydrogen (secondary N) is 1. The predicted molar refractivity (Wildman–Crippen MR) is 81.1 cm³/mol. The minimum Gasteiger partial charge on any atom is -0.507 e. The Morgan fingerprint density at radius 3 is 2.48 bits per heavy atom. The van der Waals surface area contributed by atoms with Gasteiger partial charge in [0.2, 0.25) is 0 Å². The zero-order valence-electron chi connectivity index (χ0n) is 11.5. The lowest BCUT2D eigenvalue weighted by Gasteiger charge is -2.09. The highest BCUT2D eigenvalue weighted by Crippen LogP contribution is 2.22. The first-order chi connectivity index (χ1) is 10.9. The van der Waals surface area contributed by atoms with Crippen LogP contribution in [-0.2, 0) is 9.53 Å². The van der Waals surface area contributed by atoms with Crippen LogP contribution in [0.2, 0.25) is 0 Å². The normalized spacial score (nSPS) is 10.2. The number of benzene rings is 2. The maximum atomic E-state index is 13.4. The second kappa shape index (κ2) is 7.19. The van der Waals surface area contributed by atoms with E-state index >= 15 is 0 Å². The van der Waals surface area contributed by atoms with Crippen molar-refractivity contribution in [2.24, 2.45) is 0 Å². The fourth-order valence-electron chi connectivity index (χ4n) is 1.67. The molecule has 0 fully saturated rings. The number of esters is 1. The van der Waals surface area contributed by atoms with Crippen LogP contribution < -0.4 is 5.32 Å². The van der Waals surface area contributed by atoms with Crippen LogP contribution >= 0.6 is 15.9 Å². The predicted octanol–water partition coefficient (Wildman–Crippen LogP) is 3.23. The number of phenolic OH excluding ortho intramolecular Hbond substituents is 1. The van der Waals surface area contributed by atoms with E-state index < -0.39 is 35.8 Å². The molecule has 0 saturated heterocycles. The van der Waals surface area contributed by atoms with Gasteiger partial charge in [0.25, 0.3) is 5.91 Å². The number of ether oxygens (including phenoxy) is 1. The summed E-state index contributed by atoms with van der Waals surface area (Å²) in [6.07, 6.45) is 0. The molecule has 0 atom stereocenters. The van der Waals surface area contributed by atoms with Crippen LogP contribution in [0.4, 0.5) is 14.5 Å². The summed E-state index contributed by atoms with van der Waals surface area (Å²) in [4.78, 5) is 23.4. The third kappa shape index (κ3) is 4.26. The quantitative estimate of drug-likeness (QED) is 0.792. The Morgan fingerprint density at radius 2 is 1.83 bits per heavy atom. The monoisotopic (exact) mass is 385 g/mol. The number of anilines is 1. The van der Waals surface area contributed by atoms with Crippen molar-refractivity contribution >= 4 is 33.5 Å². The maximum Gasteiger partial charge on any atom is 0.342 e. The Bertz CT molecular complexity index is 747. The molecule has 0 bridgehead atoms. The molecule has 5 nitrogen and oxygen atoms in total. The number of carbonyl (C=O) groups is 2. The second-order valence-electron chi connectivity index (χ2n) is 4.38. The lowest BCUT2D eigenvalue weighted by Crippen LogP contribution is -2.22. The van der Waals surface area contributed by atoms with Crippen LogP contribution in [0.1, 0.15) is 10.4 Å². The smallest absolute Gasteiger partial charge is 0.342 e. The van der Waals surface area contributed by atoms with Crippen LogP contribution in [0.15, 0.2) is 40.9 Å². The summed E-state index contributed by atoms with van der Waals surface area (Å²) >= 11 is 3.12. The van der Waals surface area contributed by atoms with E-state index in [1.165, 1.54) is 18.2 Å². The van der Waals surface area contributed by atoms with Gasteiger partial charge in [-0.3, -0.25) is 4.79 Å². The van der Waals surface area contributed by atoms with E-state index in [2.05, 4.69) is 15.9 Å². The molecule has 0 spiro atoms. The first-order valence-corrected chi connectivity index (χ1v) is 7.07. The van der Waals surface area contributed by atoms with Gasteiger partial charge in [0.1, 0.15) is 28.6 Å². The highest BCUT2D eigenvalue weighted by atomic mass is 79.9. The van der Waals surface area contributed by atoms with Gasteiger partial charge in [0, 0.05) is 4.47 Å². The van der Waals surface area contributed by atoms with Gasteiger partial charge in [-0.05, 0) is 30.3 Å². The fraction of sp³-hybridized carbons (Fsp3) is 0.0667. The summed E-state index contributed by atoms with van der Waals surface area (Å²) in [7, 11) is 0. The average Bonchev–Trinajstić information content (AvgIpc) is 2.51. The molecular formula is C15H10BrF2NO4. The minimum atomic E-state index is -0.951. The fourth-order valence-corrected chi connectivity index (χ4v) is 2.03. The van der Waals surface area contributed by atoms with Crippen molar-refractivity contribution in [2.45, 2.75) is 0 Å². The van der Waals surface area contributed by atoms with Crippen molar-refractivity contribution in [3.8, 4) is 5.75 Å². The summed E-state index contributed by atoms with van der Waals surface area (Å²) in [5.74, 6) is -4.09. The number of halogens is 3. The van der Waals surface area contributed by atoms with E-state index in [0.717, 1.165) is 18.2 Å². The molecule has 0 aliphatic carbocycles. The third-order valence-electron chi connectivity index (χ3n) is 2.74. The maximum absolute atomic E-state index is 13.4. The lowest BCUT2D eigenvalue weighted by molar-refractivity contribution is -0.119. The molecule has 0 radical (unpaired) electrons. The van der Waals surface area contributed by atoms with Gasteiger partial charge in [-0.15, -0.1) is 0 Å². The molecule has 0 aliphatic heterocycles. The van der Waals surface area contributed by atoms with E-state index in [1.807, 2.05) is 5.32 Å². The number of hydrogen-bond donors (Lipinski definition) is 2. The molecule has 0 heterocycles. The molecular weight excluding hydrogens is 376 g/mol. The number of amides is 1. The Morgan fingerprint density at radius 1 is 1.17 bits per heavy atom. The van der Waals surface area contributed by atoms with Gasteiger partial charge in [-0.1, -0.05) is 22.0 Å². The van der Waals surface area contributed by atoms with E-state index in [4.69, 9.17) is 4.74 Å². The van der Waals surface area contributed by atoms with Crippen molar-refractivity contribution in [1.82, 2.24) is 0 Å². The topological polar surface area (TPSA) is 75.6 Å². The SMILES string of the molecule is O=C(COC(=O)c1cc(Br)ccc1O)Nc1c(F)cccc1F. The number of hydrogen-bond acceptors (Lipinski definition) is 4. The summed E-state index contributed by atoms with van der Waals surface area (Å²) in [6, 6.07) is 7.20. The van der Waals surface area contributed by atoms with Crippen molar-refractivity contribution in [3.05, 3.63) is 58.1 Å². The van der Waals surface area contributed by atoms with Crippen LogP contribution in [-0.4, -0.2) is 23.6 Å². The number of rotatable bonds is 4. The number of para-hydroxylation sites is 1. The number of phenols is 1. The van der Waals surface area contributed by atoms with E-state index in [9.17, 15) is 23.5 Å². The summed E-state index contributed by atoms with van der Waals surface area (Å²) in [5.41, 5.74) is -0.775. The van der Waals surface area contributed by atoms with Crippen LogP contribution in [0.5, 0.6) is 5.75 Å². The molecule has 2 rings (SSSR count). The van der Waals surface area contributed by atoms with E-state index in [1.54, 1.807) is 0 Å². The van der Waals surface area contributed by atoms with E-state index in [-0.39, 0.29) is 11.3 Å².